The Labute approximate surface area is 173 Å². The van der Waals surface area contributed by atoms with E-state index in [9.17, 15) is 0 Å². The van der Waals surface area contributed by atoms with Crippen LogP contribution in [0.2, 0.25) is 0 Å². The van der Waals surface area contributed by atoms with Crippen molar-refractivity contribution in [2.24, 2.45) is 0 Å². The summed E-state index contributed by atoms with van der Waals surface area (Å²) >= 11 is 7.92. The summed E-state index contributed by atoms with van der Waals surface area (Å²) in [6, 6.07) is 21.3. The van der Waals surface area contributed by atoms with Crippen LogP contribution in [0.25, 0.3) is 0 Å². The lowest BCUT2D eigenvalue weighted by Crippen LogP contribution is -2.09. The van der Waals surface area contributed by atoms with E-state index in [1.54, 1.807) is 0 Å². The van der Waals surface area contributed by atoms with Crippen LogP contribution in [0.5, 0.6) is 0 Å². The second-order valence-corrected chi connectivity index (χ2v) is 8.71. The first kappa shape index (κ1) is 19.4. The van der Waals surface area contributed by atoms with Gasteiger partial charge in [0.2, 0.25) is 0 Å². The van der Waals surface area contributed by atoms with Crippen LogP contribution in [0.1, 0.15) is 54.2 Å². The SMILES string of the molecule is Cc1c(C)c(C(Br)c2ccccc2)c(C)c(C)c1C(Br)c1ccccc1. The number of alkyl halides is 2. The van der Waals surface area contributed by atoms with E-state index in [0.717, 1.165) is 0 Å². The van der Waals surface area contributed by atoms with Crippen molar-refractivity contribution in [2.45, 2.75) is 37.3 Å². The molecular weight excluding hydrogens is 448 g/mol. The van der Waals surface area contributed by atoms with Crippen molar-refractivity contribution in [2.75, 3.05) is 0 Å². The highest BCUT2D eigenvalue weighted by atomic mass is 79.9. The second-order valence-electron chi connectivity index (χ2n) is 6.87. The van der Waals surface area contributed by atoms with Gasteiger partial charge in [0.15, 0.2) is 0 Å². The third-order valence-corrected chi connectivity index (χ3v) is 7.41. The zero-order chi connectivity index (χ0) is 18.8. The summed E-state index contributed by atoms with van der Waals surface area (Å²) in [6.45, 7) is 9.01. The molecule has 0 aliphatic heterocycles. The molecule has 3 rings (SSSR count). The highest BCUT2D eigenvalue weighted by Gasteiger charge is 2.24. The Balaban J connectivity index is 2.14. The molecule has 0 bridgehead atoms. The lowest BCUT2D eigenvalue weighted by atomic mass is 9.84. The van der Waals surface area contributed by atoms with Crippen LogP contribution in [-0.2, 0) is 0 Å². The molecule has 2 heteroatoms. The molecule has 26 heavy (non-hydrogen) atoms. The fourth-order valence-electron chi connectivity index (χ4n) is 3.71. The van der Waals surface area contributed by atoms with Crippen LogP contribution < -0.4 is 0 Å². The van der Waals surface area contributed by atoms with Crippen molar-refractivity contribution >= 4 is 31.9 Å². The quantitative estimate of drug-likeness (QED) is 0.339. The Morgan fingerprint density at radius 3 is 1.04 bits per heavy atom. The standard InChI is InChI=1S/C24H24Br2/c1-15-16(2)22(24(26)20-13-9-6-10-14-20)18(4)17(3)21(15)23(25)19-11-7-5-8-12-19/h5-14,23-24H,1-4H3. The Hall–Kier alpha value is -1.38. The Bertz CT molecular complexity index is 793. The van der Waals surface area contributed by atoms with E-state index >= 15 is 0 Å². The summed E-state index contributed by atoms with van der Waals surface area (Å²) in [7, 11) is 0. The zero-order valence-corrected chi connectivity index (χ0v) is 18.9. The Kier molecular flexibility index (Phi) is 6.04. The topological polar surface area (TPSA) is 0 Å². The molecule has 0 radical (unpaired) electrons. The van der Waals surface area contributed by atoms with Gasteiger partial charge in [-0.3, -0.25) is 0 Å². The van der Waals surface area contributed by atoms with Crippen LogP contribution in [0.3, 0.4) is 0 Å². The smallest absolute Gasteiger partial charge is 0.0649 e. The van der Waals surface area contributed by atoms with Crippen molar-refractivity contribution in [1.29, 1.82) is 0 Å². The summed E-state index contributed by atoms with van der Waals surface area (Å²) in [5.41, 5.74) is 10.9. The minimum absolute atomic E-state index is 0.209. The van der Waals surface area contributed by atoms with Gasteiger partial charge in [-0.25, -0.2) is 0 Å². The normalized spacial score (nSPS) is 13.5. The first-order chi connectivity index (χ1) is 12.4. The Morgan fingerprint density at radius 2 is 0.769 bits per heavy atom. The van der Waals surface area contributed by atoms with Gasteiger partial charge in [0.25, 0.3) is 0 Å². The summed E-state index contributed by atoms with van der Waals surface area (Å²) in [5.74, 6) is 0. The number of halogens is 2. The van der Waals surface area contributed by atoms with Crippen LogP contribution >= 0.6 is 31.9 Å². The molecule has 0 aliphatic rings. The van der Waals surface area contributed by atoms with Crippen LogP contribution in [0.4, 0.5) is 0 Å². The van der Waals surface area contributed by atoms with Gasteiger partial charge in [-0.2, -0.15) is 0 Å². The lowest BCUT2D eigenvalue weighted by Gasteiger charge is -2.26. The molecule has 134 valence electrons. The third-order valence-electron chi connectivity index (χ3n) is 5.43. The molecule has 0 saturated carbocycles. The average molecular weight is 472 g/mol. The lowest BCUT2D eigenvalue weighted by molar-refractivity contribution is 1.02. The van der Waals surface area contributed by atoms with Crippen molar-refractivity contribution < 1.29 is 0 Å². The first-order valence-corrected chi connectivity index (χ1v) is 10.7. The van der Waals surface area contributed by atoms with Crippen LogP contribution in [0, 0.1) is 27.7 Å². The molecule has 3 aromatic carbocycles. The number of benzene rings is 3. The van der Waals surface area contributed by atoms with Gasteiger partial charge in [-0.05, 0) is 72.2 Å². The first-order valence-electron chi connectivity index (χ1n) is 8.91. The molecule has 0 amide bonds. The maximum absolute atomic E-state index is 3.96. The van der Waals surface area contributed by atoms with Crippen LogP contribution in [-0.4, -0.2) is 0 Å². The van der Waals surface area contributed by atoms with E-state index in [1.165, 1.54) is 44.5 Å². The molecule has 0 aliphatic carbocycles. The Morgan fingerprint density at radius 1 is 0.500 bits per heavy atom. The van der Waals surface area contributed by atoms with Gasteiger partial charge < -0.3 is 0 Å². The zero-order valence-electron chi connectivity index (χ0n) is 15.7. The molecule has 0 aromatic heterocycles. The summed E-state index contributed by atoms with van der Waals surface area (Å²) in [4.78, 5) is 0.418. The van der Waals surface area contributed by atoms with Gasteiger partial charge in [0.1, 0.15) is 0 Å². The monoisotopic (exact) mass is 470 g/mol. The number of hydrogen-bond donors (Lipinski definition) is 0. The second kappa shape index (κ2) is 8.10. The minimum Gasteiger partial charge on any atom is -0.0786 e. The average Bonchev–Trinajstić information content (AvgIpc) is 2.68. The van der Waals surface area contributed by atoms with E-state index < -0.39 is 0 Å². The molecular formula is C24H24Br2. The van der Waals surface area contributed by atoms with E-state index in [0.29, 0.717) is 0 Å². The van der Waals surface area contributed by atoms with Gasteiger partial charge in [-0.15, -0.1) is 0 Å². The molecule has 3 aromatic rings. The van der Waals surface area contributed by atoms with Crippen molar-refractivity contribution in [1.82, 2.24) is 0 Å². The number of hydrogen-bond acceptors (Lipinski definition) is 0. The van der Waals surface area contributed by atoms with Gasteiger partial charge in [-0.1, -0.05) is 92.5 Å². The van der Waals surface area contributed by atoms with Crippen molar-refractivity contribution in [3.05, 3.63) is 105 Å². The summed E-state index contributed by atoms with van der Waals surface area (Å²) in [5, 5.41) is 0. The fraction of sp³-hybridized carbons (Fsp3) is 0.250. The predicted octanol–water partition coefficient (Wildman–Crippen LogP) is 7.89. The van der Waals surface area contributed by atoms with Gasteiger partial charge in [0.05, 0.1) is 9.65 Å². The minimum atomic E-state index is 0.209. The molecule has 0 N–H and O–H groups in total. The van der Waals surface area contributed by atoms with Crippen molar-refractivity contribution in [3.8, 4) is 0 Å². The van der Waals surface area contributed by atoms with E-state index in [1.807, 2.05) is 0 Å². The third kappa shape index (κ3) is 3.54. The number of rotatable bonds is 4. The van der Waals surface area contributed by atoms with Crippen LogP contribution in [0.15, 0.2) is 60.7 Å². The molecule has 0 nitrogen and oxygen atoms in total. The highest BCUT2D eigenvalue weighted by Crippen LogP contribution is 2.43. The molecule has 0 heterocycles. The summed E-state index contributed by atoms with van der Waals surface area (Å²) in [6.07, 6.45) is 0. The molecule has 0 spiro atoms. The largest absolute Gasteiger partial charge is 0.0786 e. The van der Waals surface area contributed by atoms with Gasteiger partial charge >= 0.3 is 0 Å². The maximum atomic E-state index is 3.96. The molecule has 0 saturated heterocycles. The maximum Gasteiger partial charge on any atom is 0.0649 e. The molecule has 2 unspecified atom stereocenters. The predicted molar refractivity (Wildman–Crippen MR) is 120 cm³/mol. The highest BCUT2D eigenvalue weighted by molar-refractivity contribution is 9.09. The molecule has 0 fully saturated rings. The van der Waals surface area contributed by atoms with Gasteiger partial charge in [0, 0.05) is 0 Å². The summed E-state index contributed by atoms with van der Waals surface area (Å²) < 4.78 is 0. The van der Waals surface area contributed by atoms with Crippen molar-refractivity contribution in [3.63, 3.8) is 0 Å². The van der Waals surface area contributed by atoms with E-state index in [2.05, 4.69) is 120 Å². The van der Waals surface area contributed by atoms with E-state index in [4.69, 9.17) is 0 Å². The molecule has 2 atom stereocenters. The van der Waals surface area contributed by atoms with E-state index in [-0.39, 0.29) is 9.65 Å². The fourth-order valence-corrected chi connectivity index (χ4v) is 5.69.